The number of esters is 1. The van der Waals surface area contributed by atoms with E-state index in [1.807, 2.05) is 60.7 Å². The molecule has 0 spiro atoms. The highest BCUT2D eigenvalue weighted by Gasteiger charge is 2.24. The van der Waals surface area contributed by atoms with Crippen LogP contribution in [0.5, 0.6) is 18.0 Å². The first-order chi connectivity index (χ1) is 14.2. The van der Waals surface area contributed by atoms with Crippen molar-refractivity contribution in [2.45, 2.75) is 0 Å². The van der Waals surface area contributed by atoms with Crippen molar-refractivity contribution < 1.29 is 23.7 Å². The van der Waals surface area contributed by atoms with Gasteiger partial charge in [-0.15, -0.1) is 15.0 Å². The molecular formula is C21H19N3O5. The quantitative estimate of drug-likeness (QED) is 0.344. The van der Waals surface area contributed by atoms with E-state index in [-0.39, 0.29) is 23.8 Å². The monoisotopic (exact) mass is 393 g/mol. The molecule has 148 valence electrons. The van der Waals surface area contributed by atoms with Crippen molar-refractivity contribution in [3.05, 3.63) is 77.5 Å². The summed E-state index contributed by atoms with van der Waals surface area (Å²) in [7, 11) is 4.07. The van der Waals surface area contributed by atoms with Gasteiger partial charge in [-0.05, 0) is 11.1 Å². The van der Waals surface area contributed by atoms with Crippen molar-refractivity contribution in [2.24, 2.45) is 0 Å². The Labute approximate surface area is 167 Å². The number of hydrogen-bond donors (Lipinski definition) is 0. The third-order valence-corrected chi connectivity index (χ3v) is 3.86. The predicted molar refractivity (Wildman–Crippen MR) is 104 cm³/mol. The zero-order valence-electron chi connectivity index (χ0n) is 16.2. The van der Waals surface area contributed by atoms with Gasteiger partial charge in [0.1, 0.15) is 0 Å². The topological polar surface area (TPSA) is 92.7 Å². The highest BCUT2D eigenvalue weighted by Crippen LogP contribution is 2.29. The van der Waals surface area contributed by atoms with Crippen LogP contribution in [0.3, 0.4) is 0 Å². The fraction of sp³-hybridized carbons (Fsp3) is 0.143. The number of carbonyl (C=O) groups is 1. The van der Waals surface area contributed by atoms with Crippen LogP contribution in [0, 0.1) is 0 Å². The molecule has 0 saturated carbocycles. The fourth-order valence-electron chi connectivity index (χ4n) is 2.57. The van der Waals surface area contributed by atoms with Crippen LogP contribution in [0.2, 0.25) is 0 Å². The van der Waals surface area contributed by atoms with Gasteiger partial charge in [-0.2, -0.15) is 0 Å². The van der Waals surface area contributed by atoms with Crippen molar-refractivity contribution in [1.82, 2.24) is 15.0 Å². The summed E-state index contributed by atoms with van der Waals surface area (Å²) in [6.07, 6.45) is 0. The molecule has 3 rings (SSSR count). The molecule has 8 heteroatoms. The van der Waals surface area contributed by atoms with Crippen LogP contribution in [0.4, 0.5) is 0 Å². The molecule has 0 aliphatic carbocycles. The van der Waals surface area contributed by atoms with E-state index < -0.39 is 5.97 Å². The molecule has 0 aliphatic heterocycles. The molecule has 1 aromatic heterocycles. The summed E-state index contributed by atoms with van der Waals surface area (Å²) in [6, 6.07) is 18.5. The van der Waals surface area contributed by atoms with E-state index in [4.69, 9.17) is 18.9 Å². The van der Waals surface area contributed by atoms with Gasteiger partial charge in [0.05, 0.1) is 21.3 Å². The lowest BCUT2D eigenvalue weighted by Crippen LogP contribution is -2.16. The van der Waals surface area contributed by atoms with E-state index in [0.29, 0.717) is 5.57 Å². The molecule has 0 unspecified atom stereocenters. The molecule has 0 aliphatic rings. The maximum Gasteiger partial charge on any atom is 0.374 e. The number of aromatic nitrogens is 3. The Hall–Kier alpha value is -3.94. The van der Waals surface area contributed by atoms with Crippen LogP contribution in [-0.2, 0) is 9.53 Å². The Morgan fingerprint density at radius 3 is 1.55 bits per heavy atom. The molecule has 0 atom stereocenters. The molecule has 2 aromatic carbocycles. The predicted octanol–water partition coefficient (Wildman–Crippen LogP) is 2.90. The van der Waals surface area contributed by atoms with E-state index in [1.165, 1.54) is 21.3 Å². The highest BCUT2D eigenvalue weighted by molar-refractivity contribution is 6.00. The van der Waals surface area contributed by atoms with Crippen LogP contribution in [0.15, 0.2) is 66.4 Å². The summed E-state index contributed by atoms with van der Waals surface area (Å²) in [6.45, 7) is 0. The first kappa shape index (κ1) is 19.8. The van der Waals surface area contributed by atoms with Gasteiger partial charge >= 0.3 is 24.0 Å². The summed E-state index contributed by atoms with van der Waals surface area (Å²) in [5.74, 6) is -0.772. The second-order valence-electron chi connectivity index (χ2n) is 5.62. The smallest absolute Gasteiger partial charge is 0.374 e. The molecule has 29 heavy (non-hydrogen) atoms. The lowest BCUT2D eigenvalue weighted by molar-refractivity contribution is -0.138. The molecule has 0 N–H and O–H groups in total. The number of rotatable bonds is 7. The maximum atomic E-state index is 12.7. The zero-order chi connectivity index (χ0) is 20.6. The Bertz CT molecular complexity index is 944. The highest BCUT2D eigenvalue weighted by atomic mass is 16.6. The van der Waals surface area contributed by atoms with Crippen LogP contribution in [0.1, 0.15) is 11.1 Å². The van der Waals surface area contributed by atoms with Crippen LogP contribution < -0.4 is 14.2 Å². The van der Waals surface area contributed by atoms with Gasteiger partial charge in [-0.25, -0.2) is 4.79 Å². The van der Waals surface area contributed by atoms with Crippen molar-refractivity contribution in [1.29, 1.82) is 0 Å². The van der Waals surface area contributed by atoms with Gasteiger partial charge in [0.2, 0.25) is 5.76 Å². The summed E-state index contributed by atoms with van der Waals surface area (Å²) in [5, 5.41) is 0. The van der Waals surface area contributed by atoms with E-state index in [9.17, 15) is 4.79 Å². The SMILES string of the molecule is COC(=O)C(Oc1nc(OC)nc(OC)n1)=C(c1ccccc1)c1ccccc1. The molecule has 3 aromatic rings. The Morgan fingerprint density at radius 2 is 1.14 bits per heavy atom. The van der Waals surface area contributed by atoms with Gasteiger partial charge in [0, 0.05) is 5.57 Å². The third-order valence-electron chi connectivity index (χ3n) is 3.86. The number of carbonyl (C=O) groups excluding carboxylic acids is 1. The summed E-state index contributed by atoms with van der Waals surface area (Å²) < 4.78 is 20.9. The molecule has 0 amide bonds. The minimum Gasteiger partial charge on any atom is -0.467 e. The molecule has 0 fully saturated rings. The summed E-state index contributed by atoms with van der Waals surface area (Å²) >= 11 is 0. The lowest BCUT2D eigenvalue weighted by atomic mass is 9.96. The minimum atomic E-state index is -0.689. The van der Waals surface area contributed by atoms with Gasteiger partial charge in [0.25, 0.3) is 0 Å². The number of hydrogen-bond acceptors (Lipinski definition) is 8. The van der Waals surface area contributed by atoms with Crippen LogP contribution >= 0.6 is 0 Å². The van der Waals surface area contributed by atoms with Crippen LogP contribution in [0.25, 0.3) is 5.57 Å². The molecule has 1 heterocycles. The molecule has 0 bridgehead atoms. The number of methoxy groups -OCH3 is 3. The normalized spacial score (nSPS) is 10.0. The molecular weight excluding hydrogens is 374 g/mol. The third kappa shape index (κ3) is 4.67. The van der Waals surface area contributed by atoms with Crippen molar-refractivity contribution >= 4 is 11.5 Å². The average Bonchev–Trinajstić information content (AvgIpc) is 2.79. The van der Waals surface area contributed by atoms with E-state index in [2.05, 4.69) is 15.0 Å². The van der Waals surface area contributed by atoms with E-state index in [1.54, 1.807) is 0 Å². The Balaban J connectivity index is 2.21. The van der Waals surface area contributed by atoms with Gasteiger partial charge in [-0.3, -0.25) is 0 Å². The molecule has 8 nitrogen and oxygen atoms in total. The molecule has 0 radical (unpaired) electrons. The maximum absolute atomic E-state index is 12.7. The average molecular weight is 393 g/mol. The van der Waals surface area contributed by atoms with Gasteiger partial charge < -0.3 is 18.9 Å². The van der Waals surface area contributed by atoms with Crippen LogP contribution in [-0.4, -0.2) is 42.3 Å². The number of nitrogens with zero attached hydrogens (tertiary/aromatic N) is 3. The van der Waals surface area contributed by atoms with Crippen molar-refractivity contribution in [3.63, 3.8) is 0 Å². The number of benzene rings is 2. The zero-order valence-corrected chi connectivity index (χ0v) is 16.2. The molecule has 0 saturated heterocycles. The van der Waals surface area contributed by atoms with E-state index >= 15 is 0 Å². The number of ether oxygens (including phenoxy) is 4. The lowest BCUT2D eigenvalue weighted by Gasteiger charge is -2.15. The first-order valence-corrected chi connectivity index (χ1v) is 8.61. The van der Waals surface area contributed by atoms with Gasteiger partial charge in [0.15, 0.2) is 0 Å². The standard InChI is InChI=1S/C21H19N3O5/c1-26-18(25)17(29-21-23-19(27-2)22-20(24-21)28-3)16(14-10-6-4-7-11-14)15-12-8-5-9-13-15/h4-13H,1-3H3. The first-order valence-electron chi connectivity index (χ1n) is 8.61. The van der Waals surface area contributed by atoms with E-state index in [0.717, 1.165) is 11.1 Å². The van der Waals surface area contributed by atoms with Crippen molar-refractivity contribution in [3.8, 4) is 18.0 Å². The summed E-state index contributed by atoms with van der Waals surface area (Å²) in [4.78, 5) is 24.7. The summed E-state index contributed by atoms with van der Waals surface area (Å²) in [5.41, 5.74) is 2.04. The van der Waals surface area contributed by atoms with Gasteiger partial charge in [-0.1, -0.05) is 60.7 Å². The largest absolute Gasteiger partial charge is 0.467 e. The second kappa shape index (κ2) is 9.32. The van der Waals surface area contributed by atoms with Crippen molar-refractivity contribution in [2.75, 3.05) is 21.3 Å². The Kier molecular flexibility index (Phi) is 6.36. The Morgan fingerprint density at radius 1 is 0.690 bits per heavy atom. The minimum absolute atomic E-state index is 0.0166. The second-order valence-corrected chi connectivity index (χ2v) is 5.62. The fourth-order valence-corrected chi connectivity index (χ4v) is 2.57.